The second-order valence-electron chi connectivity index (χ2n) is 12.0. The molecule has 0 aromatic carbocycles. The van der Waals surface area contributed by atoms with Crippen LogP contribution in [0.4, 0.5) is 0 Å². The van der Waals surface area contributed by atoms with Gasteiger partial charge >= 0.3 is 0 Å². The fraction of sp³-hybridized carbons (Fsp3) is 1.00. The first kappa shape index (κ1) is 50.8. The van der Waals surface area contributed by atoms with Crippen LogP contribution in [0.2, 0.25) is 0 Å². The number of hydrogen-bond donors (Lipinski definition) is 9. The minimum Gasteiger partial charge on any atom is -0.393 e. The van der Waals surface area contributed by atoms with E-state index >= 15 is 0 Å². The molecule has 3 aliphatic rings. The first-order valence-electron chi connectivity index (χ1n) is 16.0. The SMILES string of the molecule is C.C1CC1.C1CC1.CCC1OC(OC)C(O)C(C)(O)C1O.CCOC(OC)C(O)C(C)(O)CO.CCOC(OC)C(O)C(C)(O)CO. The molecular formula is C32H70O15. The smallest absolute Gasteiger partial charge is 0.186 e. The van der Waals surface area contributed by atoms with E-state index in [2.05, 4.69) is 0 Å². The number of hydrogen-bond acceptors (Lipinski definition) is 15. The lowest BCUT2D eigenvalue weighted by Gasteiger charge is -2.45. The van der Waals surface area contributed by atoms with Gasteiger partial charge in [0.1, 0.15) is 41.2 Å². The lowest BCUT2D eigenvalue weighted by molar-refractivity contribution is -0.319. The highest BCUT2D eigenvalue weighted by Crippen LogP contribution is 2.31. The van der Waals surface area contributed by atoms with Crippen LogP contribution in [0.1, 0.15) is 93.9 Å². The highest BCUT2D eigenvalue weighted by Gasteiger charge is 2.51. The van der Waals surface area contributed by atoms with Gasteiger partial charge in [0, 0.05) is 34.5 Å². The highest BCUT2D eigenvalue weighted by atomic mass is 16.7. The first-order valence-corrected chi connectivity index (χ1v) is 16.0. The van der Waals surface area contributed by atoms with Gasteiger partial charge < -0.3 is 74.4 Å². The van der Waals surface area contributed by atoms with Crippen molar-refractivity contribution in [3.05, 3.63) is 0 Å². The van der Waals surface area contributed by atoms with Crippen LogP contribution in [0.3, 0.4) is 0 Å². The Morgan fingerprint density at radius 2 is 1.09 bits per heavy atom. The average molecular weight is 695 g/mol. The largest absolute Gasteiger partial charge is 0.393 e. The van der Waals surface area contributed by atoms with Crippen LogP contribution in [0.15, 0.2) is 0 Å². The fourth-order valence-corrected chi connectivity index (χ4v) is 3.33. The summed E-state index contributed by atoms with van der Waals surface area (Å²) in [5.41, 5.74) is -4.83. The zero-order chi connectivity index (χ0) is 36.1. The second kappa shape index (κ2) is 26.2. The maximum absolute atomic E-state index is 9.85. The van der Waals surface area contributed by atoms with Gasteiger partial charge in [0.05, 0.1) is 19.3 Å². The summed E-state index contributed by atoms with van der Waals surface area (Å²) in [6.07, 6.45) is 1.39. The van der Waals surface area contributed by atoms with Gasteiger partial charge in [0.25, 0.3) is 0 Å². The molecule has 0 aromatic rings. The highest BCUT2D eigenvalue weighted by molar-refractivity contribution is 4.98. The third-order valence-electron chi connectivity index (χ3n) is 7.01. The molecule has 0 spiro atoms. The van der Waals surface area contributed by atoms with Crippen LogP contribution in [0, 0.1) is 0 Å². The zero-order valence-electron chi connectivity index (χ0n) is 29.4. The molecule has 11 unspecified atom stereocenters. The normalized spacial score (nSPS) is 29.2. The number of rotatable bonds is 14. The minimum atomic E-state index is -1.62. The lowest BCUT2D eigenvalue weighted by Crippen LogP contribution is -2.65. The third kappa shape index (κ3) is 20.0. The lowest BCUT2D eigenvalue weighted by atomic mass is 9.85. The van der Waals surface area contributed by atoms with Gasteiger partial charge in [0.15, 0.2) is 18.9 Å². The van der Waals surface area contributed by atoms with Gasteiger partial charge in [-0.2, -0.15) is 0 Å². The maximum Gasteiger partial charge on any atom is 0.186 e. The molecule has 0 radical (unpaired) electrons. The Morgan fingerprint density at radius 3 is 1.30 bits per heavy atom. The van der Waals surface area contributed by atoms with Gasteiger partial charge in [-0.1, -0.05) is 52.9 Å². The molecule has 0 bridgehead atoms. The van der Waals surface area contributed by atoms with E-state index in [9.17, 15) is 35.7 Å². The minimum absolute atomic E-state index is 0. The molecular weight excluding hydrogens is 624 g/mol. The number of aliphatic hydroxyl groups excluding tert-OH is 6. The number of methoxy groups -OCH3 is 3. The summed E-state index contributed by atoms with van der Waals surface area (Å²) in [6, 6.07) is 0. The molecule has 9 N–H and O–H groups in total. The molecule has 0 aromatic heterocycles. The van der Waals surface area contributed by atoms with E-state index in [1.165, 1.54) is 80.6 Å². The van der Waals surface area contributed by atoms with E-state index in [1.54, 1.807) is 13.8 Å². The standard InChI is InChI=1S/C9H18O5.2C8H18O5.2C3H6.CH4/c1-4-5-6(10)9(2,12)7(11)8(13-3)14-5;2*1-4-13-7(12-3)6(10)8(2,11)5-9;2*1-2-3-1;/h5-8,10-12H,4H2,1-3H3;2*6-7,9-11H,4-5H2,1-3H3;2*1-3H2;1H4. The van der Waals surface area contributed by atoms with Crippen molar-refractivity contribution in [1.29, 1.82) is 0 Å². The number of aliphatic hydroxyl groups is 9. The Balaban J connectivity index is -0.000000557. The molecule has 0 amide bonds. The van der Waals surface area contributed by atoms with Gasteiger partial charge in [0.2, 0.25) is 0 Å². The molecule has 11 atom stereocenters. The van der Waals surface area contributed by atoms with Crippen molar-refractivity contribution >= 4 is 0 Å². The van der Waals surface area contributed by atoms with Crippen LogP contribution in [0.5, 0.6) is 0 Å². The molecule has 288 valence electrons. The van der Waals surface area contributed by atoms with Crippen LogP contribution < -0.4 is 0 Å². The molecule has 1 saturated heterocycles. The van der Waals surface area contributed by atoms with Crippen molar-refractivity contribution in [1.82, 2.24) is 0 Å². The van der Waals surface area contributed by atoms with Crippen molar-refractivity contribution in [2.24, 2.45) is 0 Å². The van der Waals surface area contributed by atoms with E-state index in [4.69, 9.17) is 38.6 Å². The van der Waals surface area contributed by atoms with Crippen molar-refractivity contribution < 1.29 is 74.4 Å². The predicted octanol–water partition coefficient (Wildman–Crippen LogP) is 0.416. The van der Waals surface area contributed by atoms with Crippen molar-refractivity contribution in [3.63, 3.8) is 0 Å². The van der Waals surface area contributed by atoms with Crippen LogP contribution in [0.25, 0.3) is 0 Å². The summed E-state index contributed by atoms with van der Waals surface area (Å²) in [5.74, 6) is 0. The molecule has 3 fully saturated rings. The third-order valence-corrected chi connectivity index (χ3v) is 7.01. The molecule has 15 heteroatoms. The maximum atomic E-state index is 9.85. The summed E-state index contributed by atoms with van der Waals surface area (Å²) >= 11 is 0. The van der Waals surface area contributed by atoms with E-state index < -0.39 is 79.4 Å². The van der Waals surface area contributed by atoms with Gasteiger partial charge in [-0.3, -0.25) is 0 Å². The van der Waals surface area contributed by atoms with E-state index in [-0.39, 0.29) is 7.43 Å². The Hall–Kier alpha value is -0.600. The number of ether oxygens (including phenoxy) is 6. The molecule has 15 nitrogen and oxygen atoms in total. The molecule has 2 saturated carbocycles. The molecule has 2 aliphatic carbocycles. The quantitative estimate of drug-likeness (QED) is 0.112. The Labute approximate surface area is 282 Å². The Kier molecular flexibility index (Phi) is 28.3. The molecule has 3 rings (SSSR count). The second-order valence-corrected chi connectivity index (χ2v) is 12.0. The topological polar surface area (TPSA) is 237 Å². The van der Waals surface area contributed by atoms with Crippen LogP contribution in [-0.2, 0) is 28.4 Å². The first-order chi connectivity index (χ1) is 21.4. The molecule has 1 heterocycles. The fourth-order valence-electron chi connectivity index (χ4n) is 3.33. The van der Waals surface area contributed by atoms with Crippen molar-refractivity contribution in [3.8, 4) is 0 Å². The van der Waals surface area contributed by atoms with Gasteiger partial charge in [-0.25, -0.2) is 0 Å². The van der Waals surface area contributed by atoms with E-state index in [1.807, 2.05) is 6.92 Å². The molecule has 1 aliphatic heterocycles. The summed E-state index contributed by atoms with van der Waals surface area (Å²) in [7, 11) is 4.10. The van der Waals surface area contributed by atoms with Crippen molar-refractivity contribution in [2.45, 2.75) is 160 Å². The van der Waals surface area contributed by atoms with Gasteiger partial charge in [-0.05, 0) is 41.0 Å². The van der Waals surface area contributed by atoms with Crippen molar-refractivity contribution in [2.75, 3.05) is 47.8 Å². The Bertz CT molecular complexity index is 659. The summed E-state index contributed by atoms with van der Waals surface area (Å²) in [5, 5.41) is 84.6. The average Bonchev–Trinajstić information content (AvgIpc) is 3.93. The van der Waals surface area contributed by atoms with E-state index in [0.29, 0.717) is 19.6 Å². The summed E-state index contributed by atoms with van der Waals surface area (Å²) < 4.78 is 29.7. The van der Waals surface area contributed by atoms with Crippen LogP contribution >= 0.6 is 0 Å². The predicted molar refractivity (Wildman–Crippen MR) is 175 cm³/mol. The Morgan fingerprint density at radius 1 is 0.745 bits per heavy atom. The molecule has 47 heavy (non-hydrogen) atoms. The summed E-state index contributed by atoms with van der Waals surface area (Å²) in [4.78, 5) is 0. The monoisotopic (exact) mass is 694 g/mol. The van der Waals surface area contributed by atoms with E-state index in [0.717, 1.165) is 0 Å². The van der Waals surface area contributed by atoms with Crippen LogP contribution in [-0.4, -0.2) is 160 Å². The zero-order valence-corrected chi connectivity index (χ0v) is 29.4. The summed E-state index contributed by atoms with van der Waals surface area (Å²) in [6.45, 7) is 8.91. The van der Waals surface area contributed by atoms with Gasteiger partial charge in [-0.15, -0.1) is 0 Å².